The van der Waals surface area contributed by atoms with Gasteiger partial charge in [-0.1, -0.05) is 0 Å². The van der Waals surface area contributed by atoms with Crippen molar-refractivity contribution in [3.8, 4) is 17.1 Å². The number of thioether (sulfide) groups is 1. The van der Waals surface area contributed by atoms with Crippen LogP contribution in [-0.4, -0.2) is 51.8 Å². The third-order valence-corrected chi connectivity index (χ3v) is 6.11. The summed E-state index contributed by atoms with van der Waals surface area (Å²) in [7, 11) is 1.50. The number of carbonyl (C=O) groups excluding carboxylic acids is 3. The molecule has 0 spiro atoms. The summed E-state index contributed by atoms with van der Waals surface area (Å²) in [5, 5.41) is 6.10. The molecule has 2 N–H and O–H groups in total. The van der Waals surface area contributed by atoms with E-state index in [0.717, 1.165) is 5.03 Å². The molecule has 0 unspecified atom stereocenters. The lowest BCUT2D eigenvalue weighted by atomic mass is 10.0. The molecule has 38 heavy (non-hydrogen) atoms. The number of esters is 1. The van der Waals surface area contributed by atoms with Crippen molar-refractivity contribution in [3.05, 3.63) is 54.7 Å². The molecule has 0 saturated carbocycles. The van der Waals surface area contributed by atoms with Crippen LogP contribution in [0, 0.1) is 0 Å². The van der Waals surface area contributed by atoms with Crippen LogP contribution >= 0.6 is 11.8 Å². The van der Waals surface area contributed by atoms with Gasteiger partial charge in [0.25, 0.3) is 0 Å². The predicted molar refractivity (Wildman–Crippen MR) is 144 cm³/mol. The van der Waals surface area contributed by atoms with Crippen LogP contribution in [0.2, 0.25) is 0 Å². The average molecular weight is 541 g/mol. The number of ether oxygens (including phenoxy) is 2. The molecule has 2 amide bonds. The van der Waals surface area contributed by atoms with E-state index in [-0.39, 0.29) is 0 Å². The van der Waals surface area contributed by atoms with Gasteiger partial charge in [-0.3, -0.25) is 9.59 Å². The molecule has 0 bridgehead atoms. The fourth-order valence-corrected chi connectivity index (χ4v) is 4.38. The summed E-state index contributed by atoms with van der Waals surface area (Å²) in [6.45, 7) is 9.10. The highest BCUT2D eigenvalue weighted by Crippen LogP contribution is 2.32. The summed E-state index contributed by atoms with van der Waals surface area (Å²) in [4.78, 5) is 45.4. The minimum atomic E-state index is -0.792. The van der Waals surface area contributed by atoms with E-state index in [0.29, 0.717) is 40.5 Å². The standard InChI is InChI=1S/C27H32N4O6S/c1-26(2,3)37-25(34)17-7-10-22(29-14-17)38-12-11-27(4,5)31-24(33)23(32)30-18-8-9-19(20(13-18)35-6)21-15-28-16-36-21/h7-10,13-16H,11-12H2,1-6H3,(H,30,32)(H,31,33). The number of pyridine rings is 1. The zero-order valence-electron chi connectivity index (χ0n) is 22.3. The third kappa shape index (κ3) is 8.34. The first-order valence-electron chi connectivity index (χ1n) is 11.9. The fraction of sp³-hybridized carbons (Fsp3) is 0.370. The molecule has 0 aliphatic carbocycles. The smallest absolute Gasteiger partial charge is 0.340 e. The molecule has 10 nitrogen and oxygen atoms in total. The topological polar surface area (TPSA) is 133 Å². The van der Waals surface area contributed by atoms with Crippen LogP contribution in [0.3, 0.4) is 0 Å². The Kier molecular flexibility index (Phi) is 9.16. The highest BCUT2D eigenvalue weighted by molar-refractivity contribution is 7.99. The van der Waals surface area contributed by atoms with Crippen molar-refractivity contribution in [1.29, 1.82) is 0 Å². The SMILES string of the molecule is COc1cc(NC(=O)C(=O)NC(C)(C)CCSc2ccc(C(=O)OC(C)(C)C)cn2)ccc1-c1cnco1. The van der Waals surface area contributed by atoms with Gasteiger partial charge in [-0.2, -0.15) is 0 Å². The number of oxazole rings is 1. The number of carbonyl (C=O) groups is 3. The van der Waals surface area contributed by atoms with Crippen LogP contribution in [0.25, 0.3) is 11.3 Å². The Morgan fingerprint density at radius 1 is 1.03 bits per heavy atom. The van der Waals surface area contributed by atoms with E-state index >= 15 is 0 Å². The lowest BCUT2D eigenvalue weighted by Crippen LogP contribution is -2.48. The summed E-state index contributed by atoms with van der Waals surface area (Å²) in [6, 6.07) is 8.39. The van der Waals surface area contributed by atoms with Crippen molar-refractivity contribution < 1.29 is 28.3 Å². The number of methoxy groups -OCH3 is 1. The van der Waals surface area contributed by atoms with E-state index in [1.807, 2.05) is 34.6 Å². The van der Waals surface area contributed by atoms with Crippen molar-refractivity contribution in [2.75, 3.05) is 18.2 Å². The van der Waals surface area contributed by atoms with Crippen LogP contribution in [0.1, 0.15) is 51.4 Å². The normalized spacial score (nSPS) is 11.5. The summed E-state index contributed by atoms with van der Waals surface area (Å²) in [5.41, 5.74) is 0.228. The number of nitrogens with one attached hydrogen (secondary N) is 2. The van der Waals surface area contributed by atoms with Crippen molar-refractivity contribution in [3.63, 3.8) is 0 Å². The first-order chi connectivity index (χ1) is 17.9. The Labute approximate surface area is 225 Å². The molecular weight excluding hydrogens is 508 g/mol. The summed E-state index contributed by atoms with van der Waals surface area (Å²) in [6.07, 6.45) is 4.93. The van der Waals surface area contributed by atoms with Crippen LogP contribution in [0.5, 0.6) is 5.75 Å². The second-order valence-corrected chi connectivity index (χ2v) is 11.2. The predicted octanol–water partition coefficient (Wildman–Crippen LogP) is 4.72. The Morgan fingerprint density at radius 2 is 1.79 bits per heavy atom. The Balaban J connectivity index is 1.49. The maximum absolute atomic E-state index is 12.6. The first-order valence-corrected chi connectivity index (χ1v) is 12.9. The number of amides is 2. The molecule has 0 aliphatic rings. The lowest BCUT2D eigenvalue weighted by Gasteiger charge is -2.25. The van der Waals surface area contributed by atoms with Gasteiger partial charge < -0.3 is 24.5 Å². The molecule has 1 aromatic carbocycles. The van der Waals surface area contributed by atoms with Crippen LogP contribution in [0.15, 0.2) is 58.6 Å². The molecule has 0 atom stereocenters. The maximum Gasteiger partial charge on any atom is 0.340 e. The fourth-order valence-electron chi connectivity index (χ4n) is 3.27. The highest BCUT2D eigenvalue weighted by Gasteiger charge is 2.25. The minimum absolute atomic E-state index is 0.383. The van der Waals surface area contributed by atoms with Gasteiger partial charge in [0.15, 0.2) is 12.2 Å². The zero-order chi connectivity index (χ0) is 27.9. The monoisotopic (exact) mass is 540 g/mol. The van der Waals surface area contributed by atoms with Crippen molar-refractivity contribution >= 4 is 35.2 Å². The molecule has 202 valence electrons. The quantitative estimate of drug-likeness (QED) is 0.225. The molecule has 2 heterocycles. The third-order valence-electron chi connectivity index (χ3n) is 5.16. The molecule has 0 fully saturated rings. The molecule has 0 radical (unpaired) electrons. The van der Waals surface area contributed by atoms with E-state index in [1.165, 1.54) is 31.5 Å². The second kappa shape index (κ2) is 12.1. The van der Waals surface area contributed by atoms with E-state index < -0.39 is 28.9 Å². The van der Waals surface area contributed by atoms with E-state index in [9.17, 15) is 14.4 Å². The van der Waals surface area contributed by atoms with E-state index in [2.05, 4.69) is 20.6 Å². The van der Waals surface area contributed by atoms with Gasteiger partial charge in [-0.25, -0.2) is 14.8 Å². The van der Waals surface area contributed by atoms with Crippen LogP contribution < -0.4 is 15.4 Å². The lowest BCUT2D eigenvalue weighted by molar-refractivity contribution is -0.137. The Hall–Kier alpha value is -3.86. The molecular formula is C27H32N4O6S. The second-order valence-electron chi connectivity index (χ2n) is 10.1. The van der Waals surface area contributed by atoms with E-state index in [1.54, 1.807) is 36.5 Å². The van der Waals surface area contributed by atoms with E-state index in [4.69, 9.17) is 13.9 Å². The average Bonchev–Trinajstić information content (AvgIpc) is 3.37. The van der Waals surface area contributed by atoms with Crippen molar-refractivity contribution in [2.24, 2.45) is 0 Å². The Bertz CT molecular complexity index is 1270. The summed E-state index contributed by atoms with van der Waals surface area (Å²) in [5.74, 6) is -0.351. The molecule has 0 saturated heterocycles. The van der Waals surface area contributed by atoms with Gasteiger partial charge >= 0.3 is 17.8 Å². The number of nitrogens with zero attached hydrogens (tertiary/aromatic N) is 2. The zero-order valence-corrected chi connectivity index (χ0v) is 23.1. The molecule has 3 aromatic rings. The Morgan fingerprint density at radius 3 is 2.39 bits per heavy atom. The summed E-state index contributed by atoms with van der Waals surface area (Å²) < 4.78 is 16.0. The summed E-state index contributed by atoms with van der Waals surface area (Å²) >= 11 is 1.48. The van der Waals surface area contributed by atoms with Gasteiger partial charge in [0, 0.05) is 29.2 Å². The van der Waals surface area contributed by atoms with Crippen LogP contribution in [0.4, 0.5) is 5.69 Å². The molecule has 2 aromatic heterocycles. The number of aromatic nitrogens is 2. The maximum atomic E-state index is 12.6. The van der Waals surface area contributed by atoms with Gasteiger partial charge in [0.1, 0.15) is 11.4 Å². The molecule has 0 aliphatic heterocycles. The highest BCUT2D eigenvalue weighted by atomic mass is 32.2. The number of anilines is 1. The number of hydrogen-bond donors (Lipinski definition) is 2. The van der Waals surface area contributed by atoms with Gasteiger partial charge in [0.05, 0.1) is 29.5 Å². The van der Waals surface area contributed by atoms with Gasteiger partial charge in [0.2, 0.25) is 0 Å². The first kappa shape index (κ1) is 28.7. The molecule has 3 rings (SSSR count). The number of benzene rings is 1. The van der Waals surface area contributed by atoms with Crippen molar-refractivity contribution in [2.45, 2.75) is 57.2 Å². The minimum Gasteiger partial charge on any atom is -0.496 e. The number of rotatable bonds is 9. The largest absolute Gasteiger partial charge is 0.496 e. The van der Waals surface area contributed by atoms with Crippen LogP contribution in [-0.2, 0) is 14.3 Å². The molecule has 11 heteroatoms. The number of hydrogen-bond acceptors (Lipinski definition) is 9. The van der Waals surface area contributed by atoms with Gasteiger partial charge in [-0.15, -0.1) is 11.8 Å². The van der Waals surface area contributed by atoms with Crippen molar-refractivity contribution in [1.82, 2.24) is 15.3 Å². The van der Waals surface area contributed by atoms with Gasteiger partial charge in [-0.05, 0) is 65.3 Å².